The van der Waals surface area contributed by atoms with Gasteiger partial charge in [0.2, 0.25) is 0 Å². The van der Waals surface area contributed by atoms with Crippen LogP contribution in [0.4, 0.5) is 0 Å². The summed E-state index contributed by atoms with van der Waals surface area (Å²) in [5, 5.41) is 8.63. The summed E-state index contributed by atoms with van der Waals surface area (Å²) in [7, 11) is 0. The minimum absolute atomic E-state index is 0.324. The predicted octanol–water partition coefficient (Wildman–Crippen LogP) is 3.53. The maximum Gasteiger partial charge on any atom is 0.303 e. The van der Waals surface area contributed by atoms with E-state index in [-0.39, 0.29) is 0 Å². The summed E-state index contributed by atoms with van der Waals surface area (Å²) >= 11 is 0. The van der Waals surface area contributed by atoms with Crippen LogP contribution in [0.2, 0.25) is 0 Å². The first-order valence-corrected chi connectivity index (χ1v) is 7.55. The number of likely N-dealkylation sites (tertiary alicyclic amines) is 1. The first kappa shape index (κ1) is 15.5. The van der Waals surface area contributed by atoms with Crippen molar-refractivity contribution in [3.63, 3.8) is 0 Å². The zero-order valence-electron chi connectivity index (χ0n) is 12.0. The number of carboxylic acid groups (broad SMARTS) is 1. The highest BCUT2D eigenvalue weighted by Gasteiger charge is 2.21. The van der Waals surface area contributed by atoms with Crippen molar-refractivity contribution in [1.29, 1.82) is 0 Å². The van der Waals surface area contributed by atoms with Crippen LogP contribution >= 0.6 is 0 Å². The molecule has 1 fully saturated rings. The van der Waals surface area contributed by atoms with Gasteiger partial charge >= 0.3 is 5.97 Å². The van der Waals surface area contributed by atoms with Crippen molar-refractivity contribution >= 4 is 5.97 Å². The van der Waals surface area contributed by atoms with Gasteiger partial charge in [-0.1, -0.05) is 20.3 Å². The second-order valence-corrected chi connectivity index (χ2v) is 6.01. The molecule has 0 amide bonds. The lowest BCUT2D eigenvalue weighted by Gasteiger charge is -2.36. The largest absolute Gasteiger partial charge is 0.481 e. The Morgan fingerprint density at radius 2 is 2.11 bits per heavy atom. The Morgan fingerprint density at radius 1 is 1.33 bits per heavy atom. The summed E-state index contributed by atoms with van der Waals surface area (Å²) in [5.74, 6) is 0.130. The van der Waals surface area contributed by atoms with Gasteiger partial charge in [0.15, 0.2) is 0 Å². The third-order valence-electron chi connectivity index (χ3n) is 3.91. The molecule has 0 aromatic carbocycles. The summed E-state index contributed by atoms with van der Waals surface area (Å²) < 4.78 is 0. The molecule has 0 aromatic rings. The summed E-state index contributed by atoms with van der Waals surface area (Å²) in [6, 6.07) is 0.756. The van der Waals surface area contributed by atoms with Gasteiger partial charge in [-0.2, -0.15) is 0 Å². The van der Waals surface area contributed by atoms with Crippen LogP contribution in [0.5, 0.6) is 0 Å². The van der Waals surface area contributed by atoms with E-state index >= 15 is 0 Å². The highest BCUT2D eigenvalue weighted by molar-refractivity contribution is 5.66. The first-order chi connectivity index (χ1) is 8.59. The fraction of sp³-hybridized carbons (Fsp3) is 0.933. The molecule has 1 rings (SSSR count). The minimum atomic E-state index is -0.662. The summed E-state index contributed by atoms with van der Waals surface area (Å²) in [6.07, 6.45) is 8.84. The van der Waals surface area contributed by atoms with E-state index < -0.39 is 5.97 Å². The molecule has 1 saturated heterocycles. The van der Waals surface area contributed by atoms with Crippen LogP contribution in [0.3, 0.4) is 0 Å². The average Bonchev–Trinajstić information content (AvgIpc) is 2.33. The number of nitrogens with zero attached hydrogens (tertiary/aromatic N) is 1. The molecular weight excluding hydrogens is 226 g/mol. The van der Waals surface area contributed by atoms with E-state index in [2.05, 4.69) is 18.7 Å². The van der Waals surface area contributed by atoms with E-state index in [0.29, 0.717) is 6.42 Å². The monoisotopic (exact) mass is 255 g/mol. The molecule has 1 aliphatic rings. The second kappa shape index (κ2) is 8.52. The molecule has 0 bridgehead atoms. The van der Waals surface area contributed by atoms with Crippen LogP contribution in [0.25, 0.3) is 0 Å². The molecule has 0 aliphatic carbocycles. The Bertz CT molecular complexity index is 241. The van der Waals surface area contributed by atoms with E-state index in [1.807, 2.05) is 0 Å². The van der Waals surface area contributed by atoms with Gasteiger partial charge in [-0.15, -0.1) is 0 Å². The zero-order chi connectivity index (χ0) is 13.4. The average molecular weight is 255 g/mol. The fourth-order valence-electron chi connectivity index (χ4n) is 2.80. The predicted molar refractivity (Wildman–Crippen MR) is 74.8 cm³/mol. The smallest absolute Gasteiger partial charge is 0.303 e. The van der Waals surface area contributed by atoms with Crippen molar-refractivity contribution in [2.24, 2.45) is 5.92 Å². The fourth-order valence-corrected chi connectivity index (χ4v) is 2.80. The van der Waals surface area contributed by atoms with Crippen LogP contribution in [-0.2, 0) is 4.79 Å². The number of carbonyl (C=O) groups is 1. The molecule has 0 aromatic heterocycles. The SMILES string of the molecule is CC(C)CCC1CCCCN1CCCCC(=O)O. The third-order valence-corrected chi connectivity index (χ3v) is 3.91. The Balaban J connectivity index is 2.23. The Morgan fingerprint density at radius 3 is 2.78 bits per heavy atom. The number of piperidine rings is 1. The maximum atomic E-state index is 10.5. The Hall–Kier alpha value is -0.570. The number of carboxylic acids is 1. The van der Waals surface area contributed by atoms with Crippen LogP contribution in [0.1, 0.15) is 65.2 Å². The van der Waals surface area contributed by atoms with Gasteiger partial charge in [0.25, 0.3) is 0 Å². The molecule has 1 atom stereocenters. The number of hydrogen-bond donors (Lipinski definition) is 1. The van der Waals surface area contributed by atoms with E-state index in [0.717, 1.165) is 31.3 Å². The van der Waals surface area contributed by atoms with Crippen molar-refractivity contribution in [1.82, 2.24) is 4.90 Å². The van der Waals surface area contributed by atoms with Gasteiger partial charge < -0.3 is 10.0 Å². The van der Waals surface area contributed by atoms with Crippen molar-refractivity contribution < 1.29 is 9.90 Å². The molecule has 3 heteroatoms. The number of rotatable bonds is 8. The molecule has 1 aliphatic heterocycles. The van der Waals surface area contributed by atoms with Crippen molar-refractivity contribution in [2.75, 3.05) is 13.1 Å². The van der Waals surface area contributed by atoms with Crippen LogP contribution in [0, 0.1) is 5.92 Å². The van der Waals surface area contributed by atoms with Crippen LogP contribution in [-0.4, -0.2) is 35.1 Å². The lowest BCUT2D eigenvalue weighted by Crippen LogP contribution is -2.40. The van der Waals surface area contributed by atoms with E-state index in [4.69, 9.17) is 5.11 Å². The van der Waals surface area contributed by atoms with Crippen molar-refractivity contribution in [2.45, 2.75) is 71.3 Å². The molecule has 0 radical (unpaired) electrons. The molecule has 1 N–H and O–H groups in total. The van der Waals surface area contributed by atoms with Crippen LogP contribution < -0.4 is 0 Å². The van der Waals surface area contributed by atoms with Gasteiger partial charge in [0, 0.05) is 12.5 Å². The normalized spacial score (nSPS) is 21.4. The van der Waals surface area contributed by atoms with Gasteiger partial charge in [-0.05, 0) is 57.5 Å². The van der Waals surface area contributed by atoms with E-state index in [1.165, 1.54) is 38.6 Å². The van der Waals surface area contributed by atoms with Crippen LogP contribution in [0.15, 0.2) is 0 Å². The Kier molecular flexibility index (Phi) is 7.33. The lowest BCUT2D eigenvalue weighted by molar-refractivity contribution is -0.137. The lowest BCUT2D eigenvalue weighted by atomic mass is 9.94. The van der Waals surface area contributed by atoms with E-state index in [1.54, 1.807) is 0 Å². The minimum Gasteiger partial charge on any atom is -0.481 e. The molecule has 1 unspecified atom stereocenters. The molecule has 0 spiro atoms. The second-order valence-electron chi connectivity index (χ2n) is 6.01. The zero-order valence-corrected chi connectivity index (χ0v) is 12.0. The van der Waals surface area contributed by atoms with Gasteiger partial charge in [-0.3, -0.25) is 4.79 Å². The summed E-state index contributed by atoms with van der Waals surface area (Å²) in [5.41, 5.74) is 0. The number of aliphatic carboxylic acids is 1. The highest BCUT2D eigenvalue weighted by atomic mass is 16.4. The highest BCUT2D eigenvalue weighted by Crippen LogP contribution is 2.23. The standard InChI is InChI=1S/C15H29NO2/c1-13(2)9-10-14-7-3-5-11-16(14)12-6-4-8-15(17)18/h13-14H,3-12H2,1-2H3,(H,17,18). The molecule has 18 heavy (non-hydrogen) atoms. The van der Waals surface area contributed by atoms with Crippen molar-refractivity contribution in [3.05, 3.63) is 0 Å². The van der Waals surface area contributed by atoms with Crippen molar-refractivity contribution in [3.8, 4) is 0 Å². The first-order valence-electron chi connectivity index (χ1n) is 7.55. The quantitative estimate of drug-likeness (QED) is 0.674. The number of unbranched alkanes of at least 4 members (excludes halogenated alkanes) is 1. The number of hydrogen-bond acceptors (Lipinski definition) is 2. The van der Waals surface area contributed by atoms with Gasteiger partial charge in [0.05, 0.1) is 0 Å². The molecule has 0 saturated carbocycles. The van der Waals surface area contributed by atoms with Gasteiger partial charge in [-0.25, -0.2) is 0 Å². The molecule has 106 valence electrons. The third kappa shape index (κ3) is 6.39. The Labute approximate surface area is 112 Å². The molecule has 3 nitrogen and oxygen atoms in total. The van der Waals surface area contributed by atoms with E-state index in [9.17, 15) is 4.79 Å². The molecular formula is C15H29NO2. The maximum absolute atomic E-state index is 10.5. The van der Waals surface area contributed by atoms with Gasteiger partial charge in [0.1, 0.15) is 0 Å². The topological polar surface area (TPSA) is 40.5 Å². The summed E-state index contributed by atoms with van der Waals surface area (Å²) in [4.78, 5) is 13.1. The summed E-state index contributed by atoms with van der Waals surface area (Å²) in [6.45, 7) is 6.89. The molecule has 1 heterocycles.